The maximum absolute atomic E-state index is 11.2. The van der Waals surface area contributed by atoms with Crippen molar-refractivity contribution in [3.63, 3.8) is 0 Å². The number of hydrogen-bond donors (Lipinski definition) is 0. The van der Waals surface area contributed by atoms with E-state index in [1.54, 1.807) is 0 Å². The molecule has 0 fully saturated rings. The fraction of sp³-hybridized carbons (Fsp3) is 0.222. The molecule has 0 atom stereocenters. The summed E-state index contributed by atoms with van der Waals surface area (Å²) in [5, 5.41) is 0.0291. The van der Waals surface area contributed by atoms with Gasteiger partial charge in [0, 0.05) is 28.2 Å². The number of esters is 1. The van der Waals surface area contributed by atoms with Gasteiger partial charge in [-0.05, 0) is 12.1 Å². The molecule has 1 rings (SSSR count). The summed E-state index contributed by atoms with van der Waals surface area (Å²) in [6, 6.07) is 2.53. The molecule has 0 heterocycles. The molecule has 0 spiro atoms. The molecule has 1 aromatic carbocycles. The SMILES string of the molecule is CC(=O)OCc1cc(Cl)cc(S(=O)(=O)Cl)c1Cl. The lowest BCUT2D eigenvalue weighted by atomic mass is 10.2. The van der Waals surface area contributed by atoms with Crippen molar-refractivity contribution >= 4 is 48.9 Å². The van der Waals surface area contributed by atoms with Crippen LogP contribution in [0.15, 0.2) is 17.0 Å². The lowest BCUT2D eigenvalue weighted by molar-refractivity contribution is -0.142. The molecular weight excluding hydrogens is 311 g/mol. The first-order valence-corrected chi connectivity index (χ1v) is 7.34. The van der Waals surface area contributed by atoms with Gasteiger partial charge in [-0.25, -0.2) is 8.42 Å². The Labute approximate surface area is 113 Å². The van der Waals surface area contributed by atoms with Gasteiger partial charge in [0.25, 0.3) is 9.05 Å². The second kappa shape index (κ2) is 5.44. The molecule has 17 heavy (non-hydrogen) atoms. The molecule has 0 aliphatic heterocycles. The van der Waals surface area contributed by atoms with Crippen LogP contribution in [-0.4, -0.2) is 14.4 Å². The highest BCUT2D eigenvalue weighted by Gasteiger charge is 2.19. The van der Waals surface area contributed by atoms with Gasteiger partial charge in [0.05, 0.1) is 5.02 Å². The topological polar surface area (TPSA) is 60.4 Å². The molecule has 1 aromatic rings. The molecule has 0 aliphatic carbocycles. The summed E-state index contributed by atoms with van der Waals surface area (Å²) in [4.78, 5) is 10.3. The van der Waals surface area contributed by atoms with E-state index in [4.69, 9.17) is 38.6 Å². The standard InChI is InChI=1S/C9H7Cl3O4S/c1-5(13)16-4-6-2-7(10)3-8(9(6)11)17(12,14)15/h2-3H,4H2,1H3. The van der Waals surface area contributed by atoms with Crippen molar-refractivity contribution in [2.24, 2.45) is 0 Å². The number of halogens is 3. The summed E-state index contributed by atoms with van der Waals surface area (Å²) in [5.74, 6) is -0.517. The minimum Gasteiger partial charge on any atom is -0.461 e. The molecular formula is C9H7Cl3O4S. The quantitative estimate of drug-likeness (QED) is 0.635. The number of benzene rings is 1. The zero-order chi connectivity index (χ0) is 13.2. The van der Waals surface area contributed by atoms with E-state index in [0.717, 1.165) is 6.07 Å². The molecule has 0 bridgehead atoms. The minimum atomic E-state index is -4.00. The summed E-state index contributed by atoms with van der Waals surface area (Å²) < 4.78 is 27.1. The fourth-order valence-electron chi connectivity index (χ4n) is 1.08. The largest absolute Gasteiger partial charge is 0.461 e. The first-order chi connectivity index (χ1) is 7.71. The monoisotopic (exact) mass is 316 g/mol. The Hall–Kier alpha value is -0.490. The summed E-state index contributed by atoms with van der Waals surface area (Å²) >= 11 is 11.6. The van der Waals surface area contributed by atoms with E-state index in [1.807, 2.05) is 0 Å². The van der Waals surface area contributed by atoms with E-state index in [-0.39, 0.29) is 27.1 Å². The zero-order valence-corrected chi connectivity index (χ0v) is 11.6. The van der Waals surface area contributed by atoms with Gasteiger partial charge in [-0.1, -0.05) is 23.2 Å². The van der Waals surface area contributed by atoms with E-state index in [1.165, 1.54) is 13.0 Å². The molecule has 0 saturated carbocycles. The van der Waals surface area contributed by atoms with Crippen molar-refractivity contribution in [1.82, 2.24) is 0 Å². The van der Waals surface area contributed by atoms with Gasteiger partial charge in [0.1, 0.15) is 11.5 Å². The van der Waals surface area contributed by atoms with Gasteiger partial charge in [0.15, 0.2) is 0 Å². The number of carbonyl (C=O) groups excluding carboxylic acids is 1. The highest BCUT2D eigenvalue weighted by Crippen LogP contribution is 2.31. The van der Waals surface area contributed by atoms with Crippen LogP contribution in [0, 0.1) is 0 Å². The van der Waals surface area contributed by atoms with Crippen LogP contribution >= 0.6 is 33.9 Å². The molecule has 0 aliphatic rings. The van der Waals surface area contributed by atoms with Crippen LogP contribution in [0.4, 0.5) is 0 Å². The van der Waals surface area contributed by atoms with Crippen LogP contribution in [-0.2, 0) is 25.2 Å². The normalized spacial score (nSPS) is 11.3. The predicted molar refractivity (Wildman–Crippen MR) is 65.0 cm³/mol. The van der Waals surface area contributed by atoms with Crippen LogP contribution in [0.3, 0.4) is 0 Å². The van der Waals surface area contributed by atoms with Crippen LogP contribution in [0.5, 0.6) is 0 Å². The van der Waals surface area contributed by atoms with Crippen molar-refractivity contribution < 1.29 is 17.9 Å². The lowest BCUT2D eigenvalue weighted by Crippen LogP contribution is -2.02. The van der Waals surface area contributed by atoms with Gasteiger partial charge >= 0.3 is 5.97 Å². The highest BCUT2D eigenvalue weighted by atomic mass is 35.7. The van der Waals surface area contributed by atoms with Crippen molar-refractivity contribution in [3.8, 4) is 0 Å². The zero-order valence-electron chi connectivity index (χ0n) is 8.54. The first kappa shape index (κ1) is 14.6. The maximum atomic E-state index is 11.2. The van der Waals surface area contributed by atoms with E-state index in [9.17, 15) is 13.2 Å². The molecule has 4 nitrogen and oxygen atoms in total. The molecule has 94 valence electrons. The minimum absolute atomic E-state index is 0.106. The maximum Gasteiger partial charge on any atom is 0.302 e. The molecule has 0 N–H and O–H groups in total. The van der Waals surface area contributed by atoms with Crippen molar-refractivity contribution in [2.45, 2.75) is 18.4 Å². The van der Waals surface area contributed by atoms with E-state index in [2.05, 4.69) is 0 Å². The molecule has 0 amide bonds. The average Bonchev–Trinajstić information content (AvgIpc) is 2.17. The summed E-state index contributed by atoms with van der Waals surface area (Å²) in [6.07, 6.45) is 0. The smallest absolute Gasteiger partial charge is 0.302 e. The summed E-state index contributed by atoms with van der Waals surface area (Å²) in [7, 11) is 1.19. The molecule has 0 aromatic heterocycles. The third-order valence-corrected chi connectivity index (χ3v) is 3.90. The van der Waals surface area contributed by atoms with E-state index < -0.39 is 15.0 Å². The Kier molecular flexibility index (Phi) is 4.66. The molecule has 0 radical (unpaired) electrons. The van der Waals surface area contributed by atoms with Crippen molar-refractivity contribution in [1.29, 1.82) is 0 Å². The molecule has 0 unspecified atom stereocenters. The number of hydrogen-bond acceptors (Lipinski definition) is 4. The lowest BCUT2D eigenvalue weighted by Gasteiger charge is -2.08. The molecule has 8 heteroatoms. The summed E-state index contributed by atoms with van der Waals surface area (Å²) in [5.41, 5.74) is 0.272. The number of carbonyl (C=O) groups is 1. The Morgan fingerprint density at radius 1 is 1.35 bits per heavy atom. The number of rotatable bonds is 3. The van der Waals surface area contributed by atoms with Gasteiger partial charge in [-0.2, -0.15) is 0 Å². The van der Waals surface area contributed by atoms with Crippen molar-refractivity contribution in [3.05, 3.63) is 27.7 Å². The van der Waals surface area contributed by atoms with Crippen LogP contribution in [0.1, 0.15) is 12.5 Å². The Morgan fingerprint density at radius 2 is 1.94 bits per heavy atom. The first-order valence-electron chi connectivity index (χ1n) is 4.27. The van der Waals surface area contributed by atoms with Gasteiger partial charge in [-0.15, -0.1) is 0 Å². The van der Waals surface area contributed by atoms with Crippen molar-refractivity contribution in [2.75, 3.05) is 0 Å². The average molecular weight is 318 g/mol. The van der Waals surface area contributed by atoms with Gasteiger partial charge < -0.3 is 4.74 Å². The predicted octanol–water partition coefficient (Wildman–Crippen LogP) is 2.98. The van der Waals surface area contributed by atoms with Crippen LogP contribution in [0.2, 0.25) is 10.0 Å². The second-order valence-corrected chi connectivity index (χ2v) is 6.44. The number of ether oxygens (including phenoxy) is 1. The Morgan fingerprint density at radius 3 is 2.41 bits per heavy atom. The third-order valence-electron chi connectivity index (χ3n) is 1.77. The van der Waals surface area contributed by atoms with Crippen LogP contribution in [0.25, 0.3) is 0 Å². The highest BCUT2D eigenvalue weighted by molar-refractivity contribution is 8.13. The van der Waals surface area contributed by atoms with Gasteiger partial charge in [0.2, 0.25) is 0 Å². The molecule has 0 saturated heterocycles. The van der Waals surface area contributed by atoms with E-state index >= 15 is 0 Å². The Bertz CT molecular complexity index is 554. The summed E-state index contributed by atoms with van der Waals surface area (Å²) in [6.45, 7) is 1.05. The van der Waals surface area contributed by atoms with E-state index in [0.29, 0.717) is 0 Å². The Balaban J connectivity index is 3.24. The third kappa shape index (κ3) is 4.03. The fourth-order valence-corrected chi connectivity index (χ4v) is 2.95. The van der Waals surface area contributed by atoms with Gasteiger partial charge in [-0.3, -0.25) is 4.79 Å². The second-order valence-electron chi connectivity index (χ2n) is 3.10. The van der Waals surface area contributed by atoms with Crippen LogP contribution < -0.4 is 0 Å².